The van der Waals surface area contributed by atoms with Gasteiger partial charge in [-0.05, 0) is 67.0 Å². The van der Waals surface area contributed by atoms with Gasteiger partial charge in [0.15, 0.2) is 5.69 Å². The van der Waals surface area contributed by atoms with Crippen LogP contribution in [0.25, 0.3) is 16.4 Å². The largest absolute Gasteiger partial charge is 0.476 e. The SMILES string of the molecule is NSc1ccc(Cc2c(-c3cccc(C#CC4COC4)c3)nn(-c3nc(C(=O)O)cs3)c2CC2CC2)cc1F. The van der Waals surface area contributed by atoms with Crippen LogP contribution in [0, 0.1) is 29.5 Å². The normalized spacial score (nSPS) is 15.0. The second kappa shape index (κ2) is 10.9. The minimum atomic E-state index is -1.08. The molecule has 0 atom stereocenters. The summed E-state index contributed by atoms with van der Waals surface area (Å²) in [5.41, 5.74) is 5.25. The van der Waals surface area contributed by atoms with Crippen molar-refractivity contribution in [1.29, 1.82) is 0 Å². The van der Waals surface area contributed by atoms with Crippen molar-refractivity contribution in [2.75, 3.05) is 13.2 Å². The van der Waals surface area contributed by atoms with Crippen LogP contribution in [-0.4, -0.2) is 39.1 Å². The Balaban J connectivity index is 1.48. The number of aromatic nitrogens is 3. The summed E-state index contributed by atoms with van der Waals surface area (Å²) in [6, 6.07) is 13.0. The Hall–Kier alpha value is -3.49. The Morgan fingerprint density at radius 3 is 2.77 bits per heavy atom. The molecule has 1 aliphatic carbocycles. The van der Waals surface area contributed by atoms with Gasteiger partial charge in [-0.15, -0.1) is 11.3 Å². The van der Waals surface area contributed by atoms with Gasteiger partial charge in [-0.1, -0.05) is 30.0 Å². The van der Waals surface area contributed by atoms with Crippen LogP contribution in [-0.2, 0) is 17.6 Å². The van der Waals surface area contributed by atoms with Gasteiger partial charge in [0, 0.05) is 28.5 Å². The number of carboxylic acid groups (broad SMARTS) is 1. The minimum Gasteiger partial charge on any atom is -0.476 e. The number of thiazole rings is 1. The summed E-state index contributed by atoms with van der Waals surface area (Å²) in [7, 11) is 0. The molecule has 1 saturated carbocycles. The highest BCUT2D eigenvalue weighted by Gasteiger charge is 2.29. The highest BCUT2D eigenvalue weighted by Crippen LogP contribution is 2.38. The molecule has 2 fully saturated rings. The second-order valence-corrected chi connectivity index (χ2v) is 11.3. The maximum atomic E-state index is 14.7. The zero-order valence-corrected chi connectivity index (χ0v) is 22.5. The Kier molecular flexibility index (Phi) is 7.23. The van der Waals surface area contributed by atoms with E-state index in [0.717, 1.165) is 64.9 Å². The van der Waals surface area contributed by atoms with E-state index in [-0.39, 0.29) is 17.4 Å². The van der Waals surface area contributed by atoms with E-state index in [1.165, 1.54) is 22.8 Å². The van der Waals surface area contributed by atoms with Crippen LogP contribution >= 0.6 is 23.3 Å². The summed E-state index contributed by atoms with van der Waals surface area (Å²) in [6.07, 6.45) is 3.50. The zero-order chi connectivity index (χ0) is 26.9. The third-order valence-corrected chi connectivity index (χ3v) is 8.26. The number of ether oxygens (including phenoxy) is 1. The van der Waals surface area contributed by atoms with Crippen LogP contribution in [0.2, 0.25) is 0 Å². The third kappa shape index (κ3) is 5.63. The monoisotopic (exact) mass is 560 g/mol. The van der Waals surface area contributed by atoms with Gasteiger partial charge in [-0.25, -0.2) is 18.9 Å². The van der Waals surface area contributed by atoms with E-state index in [2.05, 4.69) is 16.8 Å². The lowest BCUT2D eigenvalue weighted by molar-refractivity contribution is -0.00300. The van der Waals surface area contributed by atoms with Gasteiger partial charge in [-0.2, -0.15) is 5.10 Å². The van der Waals surface area contributed by atoms with Crippen molar-refractivity contribution >= 4 is 29.3 Å². The summed E-state index contributed by atoms with van der Waals surface area (Å²) in [6.45, 7) is 1.33. The lowest BCUT2D eigenvalue weighted by atomic mass is 9.96. The lowest BCUT2D eigenvalue weighted by Gasteiger charge is -2.19. The van der Waals surface area contributed by atoms with Crippen molar-refractivity contribution in [2.24, 2.45) is 17.0 Å². The summed E-state index contributed by atoms with van der Waals surface area (Å²) >= 11 is 2.13. The molecule has 198 valence electrons. The Morgan fingerprint density at radius 2 is 2.10 bits per heavy atom. The molecule has 1 aliphatic heterocycles. The zero-order valence-electron chi connectivity index (χ0n) is 20.9. The molecule has 3 N–H and O–H groups in total. The van der Waals surface area contributed by atoms with Gasteiger partial charge < -0.3 is 9.84 Å². The van der Waals surface area contributed by atoms with Gasteiger partial charge in [-0.3, -0.25) is 5.14 Å². The van der Waals surface area contributed by atoms with Crippen molar-refractivity contribution in [3.05, 3.63) is 81.7 Å². The number of hydrogen-bond donors (Lipinski definition) is 2. The number of carboxylic acids is 1. The van der Waals surface area contributed by atoms with Crippen molar-refractivity contribution in [3.63, 3.8) is 0 Å². The molecule has 4 aromatic rings. The van der Waals surface area contributed by atoms with E-state index >= 15 is 0 Å². The molecule has 2 aromatic carbocycles. The van der Waals surface area contributed by atoms with Crippen LogP contribution in [0.1, 0.15) is 45.7 Å². The van der Waals surface area contributed by atoms with Gasteiger partial charge in [0.05, 0.1) is 35.4 Å². The molecular formula is C29H25FN4O3S2. The minimum absolute atomic E-state index is 0.0137. The number of benzene rings is 2. The fraction of sp³-hybridized carbons (Fsp3) is 0.276. The number of nitrogens with zero attached hydrogens (tertiary/aromatic N) is 3. The molecule has 1 saturated heterocycles. The van der Waals surface area contributed by atoms with E-state index in [1.54, 1.807) is 10.7 Å². The molecular weight excluding hydrogens is 535 g/mol. The van der Waals surface area contributed by atoms with E-state index in [1.807, 2.05) is 30.3 Å². The molecule has 2 aromatic heterocycles. The Labute approximate surface area is 233 Å². The molecule has 7 nitrogen and oxygen atoms in total. The first-order valence-corrected chi connectivity index (χ1v) is 14.4. The van der Waals surface area contributed by atoms with Gasteiger partial charge >= 0.3 is 5.97 Å². The maximum absolute atomic E-state index is 14.7. The van der Waals surface area contributed by atoms with E-state index in [0.29, 0.717) is 35.6 Å². The molecule has 39 heavy (non-hydrogen) atoms. The van der Waals surface area contributed by atoms with Gasteiger partial charge in [0.1, 0.15) is 5.82 Å². The summed E-state index contributed by atoms with van der Waals surface area (Å²) < 4.78 is 21.7. The van der Waals surface area contributed by atoms with E-state index < -0.39 is 5.97 Å². The van der Waals surface area contributed by atoms with Crippen LogP contribution < -0.4 is 5.14 Å². The fourth-order valence-electron chi connectivity index (χ4n) is 4.53. The second-order valence-electron chi connectivity index (χ2n) is 9.80. The topological polar surface area (TPSA) is 103 Å². The number of nitrogens with two attached hydrogens (primary N) is 1. The summed E-state index contributed by atoms with van der Waals surface area (Å²) in [5.74, 6) is 5.86. The van der Waals surface area contributed by atoms with E-state index in [4.69, 9.17) is 15.0 Å². The van der Waals surface area contributed by atoms with Crippen LogP contribution in [0.5, 0.6) is 0 Å². The molecule has 0 bridgehead atoms. The molecule has 2 aliphatic rings. The molecule has 6 rings (SSSR count). The number of halogens is 1. The fourth-order valence-corrected chi connectivity index (χ4v) is 5.62. The lowest BCUT2D eigenvalue weighted by Crippen LogP contribution is -2.25. The average Bonchev–Trinajstić information content (AvgIpc) is 3.45. The highest BCUT2D eigenvalue weighted by molar-refractivity contribution is 7.97. The van der Waals surface area contributed by atoms with Crippen LogP contribution in [0.15, 0.2) is 52.7 Å². The van der Waals surface area contributed by atoms with E-state index in [9.17, 15) is 14.3 Å². The number of hydrogen-bond acceptors (Lipinski definition) is 7. The maximum Gasteiger partial charge on any atom is 0.355 e. The van der Waals surface area contributed by atoms with Crippen LogP contribution in [0.3, 0.4) is 0 Å². The molecule has 10 heteroatoms. The number of rotatable bonds is 8. The average molecular weight is 561 g/mol. The standard InChI is InChI=1S/C29H25FN4O3S2/c30-23-12-19(8-9-26(23)39-31)11-22-25(13-18-4-5-18)34(29-32-24(16-38-29)28(35)36)33-27(22)21-3-1-2-17(10-21)6-7-20-14-37-15-20/h1-3,8-10,12,16,18,20H,4-5,11,13-15,31H2,(H,35,36). The smallest absolute Gasteiger partial charge is 0.355 e. The van der Waals surface area contributed by atoms with Crippen molar-refractivity contribution in [2.45, 2.75) is 30.6 Å². The van der Waals surface area contributed by atoms with Gasteiger partial charge in [0.25, 0.3) is 0 Å². The molecule has 0 unspecified atom stereocenters. The first-order valence-electron chi connectivity index (χ1n) is 12.6. The summed E-state index contributed by atoms with van der Waals surface area (Å²) in [5, 5.41) is 22.1. The first kappa shape index (κ1) is 25.8. The number of aromatic carboxylic acids is 1. The highest BCUT2D eigenvalue weighted by atomic mass is 32.2. The van der Waals surface area contributed by atoms with Gasteiger partial charge in [0.2, 0.25) is 5.13 Å². The Bertz CT molecular complexity index is 1610. The third-order valence-electron chi connectivity index (χ3n) is 6.86. The quantitative estimate of drug-likeness (QED) is 0.222. The summed E-state index contributed by atoms with van der Waals surface area (Å²) in [4.78, 5) is 16.3. The van der Waals surface area contributed by atoms with Crippen molar-refractivity contribution in [1.82, 2.24) is 14.8 Å². The van der Waals surface area contributed by atoms with Crippen LogP contribution in [0.4, 0.5) is 4.39 Å². The molecule has 0 radical (unpaired) electrons. The molecule has 0 spiro atoms. The Morgan fingerprint density at radius 1 is 1.26 bits per heavy atom. The first-order chi connectivity index (χ1) is 19.0. The predicted octanol–water partition coefficient (Wildman–Crippen LogP) is 5.34. The van der Waals surface area contributed by atoms with Crippen molar-refractivity contribution in [3.8, 4) is 28.2 Å². The van der Waals surface area contributed by atoms with Crippen molar-refractivity contribution < 1.29 is 19.0 Å². The molecule has 3 heterocycles. The number of carbonyl (C=O) groups is 1. The predicted molar refractivity (Wildman–Crippen MR) is 148 cm³/mol. The molecule has 0 amide bonds.